The molecule has 0 unspecified atom stereocenters. The van der Waals surface area contributed by atoms with Crippen molar-refractivity contribution in [2.75, 3.05) is 6.61 Å². The van der Waals surface area contributed by atoms with Gasteiger partial charge in [0, 0.05) is 5.56 Å². The molecule has 0 fully saturated rings. The molecular formula is C24H23NO6. The van der Waals surface area contributed by atoms with Gasteiger partial charge in [-0.15, -0.1) is 0 Å². The monoisotopic (exact) mass is 421 g/mol. The molecule has 2 aromatic carbocycles. The highest BCUT2D eigenvalue weighted by atomic mass is 16.5. The molecule has 7 nitrogen and oxygen atoms in total. The minimum Gasteiger partial charge on any atom is -0.483 e. The lowest BCUT2D eigenvalue weighted by Crippen LogP contribution is -2.36. The molecule has 0 aliphatic heterocycles. The number of carboxylic acid groups (broad SMARTS) is 1. The Balaban J connectivity index is 1.59. The van der Waals surface area contributed by atoms with Crippen molar-refractivity contribution in [3.63, 3.8) is 0 Å². The standard InChI is InChI=1S/C24H23NO6/c1-14-11-18(21-16-9-5-6-10-17(16)24(29)31-19(21)12-14)30-13-20(26)25-22(23(27)28)15-7-3-2-4-8-15/h2-4,7-8,11-12,22H,5-6,9-10,13H2,1H3,(H,25,26)(H,27,28)/t22-/m1/s1. The molecule has 31 heavy (non-hydrogen) atoms. The van der Waals surface area contributed by atoms with Crippen molar-refractivity contribution in [3.05, 3.63) is 75.1 Å². The third kappa shape index (κ3) is 4.30. The summed E-state index contributed by atoms with van der Waals surface area (Å²) in [5.74, 6) is -1.26. The third-order valence-electron chi connectivity index (χ3n) is 5.47. The Kier molecular flexibility index (Phi) is 5.75. The number of ether oxygens (including phenoxy) is 1. The summed E-state index contributed by atoms with van der Waals surface area (Å²) in [6.45, 7) is 1.49. The van der Waals surface area contributed by atoms with Crippen LogP contribution in [0.2, 0.25) is 0 Å². The quantitative estimate of drug-likeness (QED) is 0.592. The topological polar surface area (TPSA) is 106 Å². The highest BCUT2D eigenvalue weighted by Gasteiger charge is 2.24. The highest BCUT2D eigenvalue weighted by molar-refractivity contribution is 5.90. The van der Waals surface area contributed by atoms with Crippen LogP contribution in [-0.2, 0) is 22.4 Å². The molecule has 1 heterocycles. The molecule has 0 spiro atoms. The van der Waals surface area contributed by atoms with Crippen LogP contribution in [-0.4, -0.2) is 23.6 Å². The summed E-state index contributed by atoms with van der Waals surface area (Å²) < 4.78 is 11.3. The van der Waals surface area contributed by atoms with Crippen LogP contribution in [0.15, 0.2) is 51.7 Å². The summed E-state index contributed by atoms with van der Waals surface area (Å²) >= 11 is 0. The van der Waals surface area contributed by atoms with Crippen molar-refractivity contribution in [1.29, 1.82) is 0 Å². The van der Waals surface area contributed by atoms with Gasteiger partial charge in [0.2, 0.25) is 0 Å². The van der Waals surface area contributed by atoms with E-state index in [4.69, 9.17) is 9.15 Å². The number of carbonyl (C=O) groups excluding carboxylic acids is 1. The SMILES string of the molecule is Cc1cc(OCC(=O)N[C@@H](C(=O)O)c2ccccc2)c2c3c(c(=O)oc2c1)CCCC3. The number of benzene rings is 2. The Labute approximate surface area is 178 Å². The van der Waals surface area contributed by atoms with Crippen LogP contribution < -0.4 is 15.7 Å². The Morgan fingerprint density at radius 2 is 1.84 bits per heavy atom. The van der Waals surface area contributed by atoms with Crippen LogP contribution in [0.3, 0.4) is 0 Å². The number of hydrogen-bond donors (Lipinski definition) is 2. The molecule has 1 aliphatic carbocycles. The fraction of sp³-hybridized carbons (Fsp3) is 0.292. The van der Waals surface area contributed by atoms with Crippen molar-refractivity contribution >= 4 is 22.8 Å². The smallest absolute Gasteiger partial charge is 0.339 e. The first-order valence-electron chi connectivity index (χ1n) is 10.2. The van der Waals surface area contributed by atoms with Gasteiger partial charge >= 0.3 is 11.6 Å². The fourth-order valence-electron chi connectivity index (χ4n) is 4.06. The molecule has 1 atom stereocenters. The number of carboxylic acids is 1. The van der Waals surface area contributed by atoms with Gasteiger partial charge in [-0.05, 0) is 61.4 Å². The van der Waals surface area contributed by atoms with E-state index in [1.165, 1.54) is 0 Å². The summed E-state index contributed by atoms with van der Waals surface area (Å²) in [7, 11) is 0. The van der Waals surface area contributed by atoms with Crippen LogP contribution in [0.5, 0.6) is 5.75 Å². The fourth-order valence-corrected chi connectivity index (χ4v) is 4.06. The van der Waals surface area contributed by atoms with E-state index in [1.54, 1.807) is 42.5 Å². The third-order valence-corrected chi connectivity index (χ3v) is 5.47. The number of fused-ring (bicyclic) bond motifs is 3. The average molecular weight is 421 g/mol. The Morgan fingerprint density at radius 1 is 1.13 bits per heavy atom. The Hall–Kier alpha value is -3.61. The number of amides is 1. The van der Waals surface area contributed by atoms with Gasteiger partial charge in [-0.25, -0.2) is 9.59 Å². The molecular weight excluding hydrogens is 398 g/mol. The maximum absolute atomic E-state index is 12.5. The lowest BCUT2D eigenvalue weighted by atomic mass is 9.90. The van der Waals surface area contributed by atoms with Crippen molar-refractivity contribution in [1.82, 2.24) is 5.32 Å². The van der Waals surface area contributed by atoms with Crippen molar-refractivity contribution in [2.24, 2.45) is 0 Å². The van der Waals surface area contributed by atoms with E-state index < -0.39 is 17.9 Å². The molecule has 7 heteroatoms. The zero-order valence-corrected chi connectivity index (χ0v) is 17.1. The first-order valence-corrected chi connectivity index (χ1v) is 10.2. The van der Waals surface area contributed by atoms with Crippen LogP contribution in [0.25, 0.3) is 11.0 Å². The molecule has 1 aliphatic rings. The number of aliphatic carboxylic acids is 1. The normalized spacial score (nSPS) is 14.0. The number of nitrogens with one attached hydrogen (secondary N) is 1. The summed E-state index contributed by atoms with van der Waals surface area (Å²) in [6.07, 6.45) is 3.32. The lowest BCUT2D eigenvalue weighted by Gasteiger charge is -2.19. The van der Waals surface area contributed by atoms with E-state index in [0.717, 1.165) is 30.4 Å². The van der Waals surface area contributed by atoms with E-state index in [2.05, 4.69) is 5.32 Å². The minimum absolute atomic E-state index is 0.316. The Morgan fingerprint density at radius 3 is 2.55 bits per heavy atom. The average Bonchev–Trinajstić information content (AvgIpc) is 2.76. The number of aryl methyl sites for hydroxylation is 2. The van der Waals surface area contributed by atoms with Gasteiger partial charge in [0.25, 0.3) is 5.91 Å². The van der Waals surface area contributed by atoms with E-state index >= 15 is 0 Å². The zero-order chi connectivity index (χ0) is 22.0. The molecule has 1 amide bonds. The summed E-state index contributed by atoms with van der Waals surface area (Å²) in [5.41, 5.74) is 3.01. The lowest BCUT2D eigenvalue weighted by molar-refractivity contribution is -0.142. The number of hydrogen-bond acceptors (Lipinski definition) is 5. The van der Waals surface area contributed by atoms with E-state index in [9.17, 15) is 19.5 Å². The second-order valence-electron chi connectivity index (χ2n) is 7.73. The van der Waals surface area contributed by atoms with E-state index in [0.29, 0.717) is 34.3 Å². The van der Waals surface area contributed by atoms with Crippen LogP contribution in [0.4, 0.5) is 0 Å². The molecule has 2 N–H and O–H groups in total. The summed E-state index contributed by atoms with van der Waals surface area (Å²) in [4.78, 5) is 36.5. The van der Waals surface area contributed by atoms with Gasteiger partial charge in [-0.3, -0.25) is 4.79 Å². The second-order valence-corrected chi connectivity index (χ2v) is 7.73. The maximum atomic E-state index is 12.5. The molecule has 4 rings (SSSR count). The predicted octanol–water partition coefficient (Wildman–Crippen LogP) is 3.30. The van der Waals surface area contributed by atoms with E-state index in [1.807, 2.05) is 6.92 Å². The largest absolute Gasteiger partial charge is 0.483 e. The molecule has 0 saturated carbocycles. The minimum atomic E-state index is -1.17. The van der Waals surface area contributed by atoms with Crippen LogP contribution >= 0.6 is 0 Å². The maximum Gasteiger partial charge on any atom is 0.339 e. The summed E-state index contributed by atoms with van der Waals surface area (Å²) in [6, 6.07) is 10.9. The summed E-state index contributed by atoms with van der Waals surface area (Å²) in [5, 5.41) is 12.7. The molecule has 0 bridgehead atoms. The van der Waals surface area contributed by atoms with Gasteiger partial charge < -0.3 is 19.6 Å². The molecule has 160 valence electrons. The van der Waals surface area contributed by atoms with Gasteiger partial charge in [-0.2, -0.15) is 0 Å². The van der Waals surface area contributed by atoms with Crippen molar-refractivity contribution in [2.45, 2.75) is 38.6 Å². The van der Waals surface area contributed by atoms with Gasteiger partial charge in [0.15, 0.2) is 12.6 Å². The zero-order valence-electron chi connectivity index (χ0n) is 17.1. The highest BCUT2D eigenvalue weighted by Crippen LogP contribution is 2.34. The van der Waals surface area contributed by atoms with E-state index in [-0.39, 0.29) is 12.2 Å². The molecule has 0 saturated heterocycles. The van der Waals surface area contributed by atoms with Gasteiger partial charge in [0.05, 0.1) is 5.39 Å². The first kappa shape index (κ1) is 20.7. The molecule has 3 aromatic rings. The van der Waals surface area contributed by atoms with Crippen molar-refractivity contribution in [3.8, 4) is 5.75 Å². The predicted molar refractivity (Wildman–Crippen MR) is 114 cm³/mol. The number of rotatable bonds is 6. The van der Waals surface area contributed by atoms with Gasteiger partial charge in [-0.1, -0.05) is 30.3 Å². The van der Waals surface area contributed by atoms with Crippen LogP contribution in [0.1, 0.15) is 41.1 Å². The molecule has 1 aromatic heterocycles. The molecule has 0 radical (unpaired) electrons. The second kappa shape index (κ2) is 8.63. The Bertz CT molecular complexity index is 1200. The van der Waals surface area contributed by atoms with Crippen molar-refractivity contribution < 1.29 is 23.8 Å². The van der Waals surface area contributed by atoms with Gasteiger partial charge in [0.1, 0.15) is 11.3 Å². The first-order chi connectivity index (χ1) is 14.9. The van der Waals surface area contributed by atoms with Crippen LogP contribution in [0, 0.1) is 6.92 Å². The number of carbonyl (C=O) groups is 2.